The lowest BCUT2D eigenvalue weighted by molar-refractivity contribution is -0.118. The summed E-state index contributed by atoms with van der Waals surface area (Å²) in [4.78, 5) is 10.6. The molecule has 4 heteroatoms. The summed E-state index contributed by atoms with van der Waals surface area (Å²) in [6.07, 6.45) is 0. The monoisotopic (exact) mass is 148 g/mol. The van der Waals surface area contributed by atoms with Gasteiger partial charge >= 0.3 is 0 Å². The molecule has 0 saturated heterocycles. The maximum atomic E-state index is 10.6. The first-order valence-corrected chi connectivity index (χ1v) is 4.01. The van der Waals surface area contributed by atoms with Crippen molar-refractivity contribution in [3.05, 3.63) is 0 Å². The Labute approximate surface area is 59.4 Å². The summed E-state index contributed by atoms with van der Waals surface area (Å²) in [7, 11) is 0. The normalized spacial score (nSPS) is 9.11. The molecule has 0 aliphatic rings. The molecule has 0 saturated carbocycles. The van der Waals surface area contributed by atoms with E-state index < -0.39 is 0 Å². The molecule has 0 fully saturated rings. The van der Waals surface area contributed by atoms with Crippen molar-refractivity contribution in [3.63, 3.8) is 0 Å². The number of rotatable bonds is 4. The van der Waals surface area contributed by atoms with Gasteiger partial charge in [-0.15, -0.1) is 0 Å². The smallest absolute Gasteiger partial charge is 0.230 e. The van der Waals surface area contributed by atoms with Gasteiger partial charge in [0.2, 0.25) is 5.91 Å². The van der Waals surface area contributed by atoms with Crippen LogP contribution in [-0.2, 0) is 4.79 Å². The fraction of sp³-hybridized carbons (Fsp3) is 0.800. The summed E-state index contributed by atoms with van der Waals surface area (Å²) < 4.78 is 0. The topological polar surface area (TPSA) is 55.1 Å². The third kappa shape index (κ3) is 5.65. The zero-order valence-electron chi connectivity index (χ0n) is 5.52. The second-order valence-electron chi connectivity index (χ2n) is 1.44. The van der Waals surface area contributed by atoms with E-state index in [1.54, 1.807) is 11.8 Å². The molecular weight excluding hydrogens is 136 g/mol. The van der Waals surface area contributed by atoms with Crippen molar-refractivity contribution in [1.82, 2.24) is 5.32 Å². The number of hydrogen-bond acceptors (Lipinski definition) is 3. The van der Waals surface area contributed by atoms with Crippen molar-refractivity contribution in [2.45, 2.75) is 6.92 Å². The Morgan fingerprint density at radius 1 is 1.78 bits per heavy atom. The van der Waals surface area contributed by atoms with Crippen LogP contribution in [0.5, 0.6) is 0 Å². The van der Waals surface area contributed by atoms with Crippen LogP contribution in [0.3, 0.4) is 0 Å². The van der Waals surface area contributed by atoms with E-state index in [1.807, 2.05) is 6.92 Å². The van der Waals surface area contributed by atoms with Crippen molar-refractivity contribution in [2.24, 2.45) is 5.73 Å². The Hall–Kier alpha value is -0.220. The summed E-state index contributed by atoms with van der Waals surface area (Å²) in [5, 5.41) is 2.50. The molecule has 3 N–H and O–H groups in total. The van der Waals surface area contributed by atoms with Crippen LogP contribution >= 0.6 is 11.8 Å². The Balaban J connectivity index is 3.06. The first-order valence-electron chi connectivity index (χ1n) is 2.85. The summed E-state index contributed by atoms with van der Waals surface area (Å²) in [6.45, 7) is 2.25. The van der Waals surface area contributed by atoms with E-state index in [-0.39, 0.29) is 12.6 Å². The summed E-state index contributed by atoms with van der Waals surface area (Å²) in [5.41, 5.74) is 5.06. The van der Waals surface area contributed by atoms with Crippen LogP contribution in [0.4, 0.5) is 0 Å². The van der Waals surface area contributed by atoms with Crippen LogP contribution < -0.4 is 11.1 Å². The number of carbonyl (C=O) groups is 1. The number of nitrogens with two attached hydrogens (primary N) is 1. The van der Waals surface area contributed by atoms with Crippen molar-refractivity contribution in [3.8, 4) is 0 Å². The van der Waals surface area contributed by atoms with Gasteiger partial charge in [-0.05, 0) is 5.75 Å². The third-order valence-corrected chi connectivity index (χ3v) is 1.61. The predicted octanol–water partition coefficient (Wildman–Crippen LogP) is -0.228. The lowest BCUT2D eigenvalue weighted by Gasteiger charge is -1.98. The van der Waals surface area contributed by atoms with Gasteiger partial charge in [-0.25, -0.2) is 0 Å². The number of nitrogens with one attached hydrogen (secondary N) is 1. The molecule has 0 spiro atoms. The minimum absolute atomic E-state index is 0.0179. The van der Waals surface area contributed by atoms with Crippen molar-refractivity contribution < 1.29 is 4.79 Å². The lowest BCUT2D eigenvalue weighted by atomic mass is 10.7. The molecule has 0 aromatic carbocycles. The Morgan fingerprint density at radius 2 is 2.44 bits per heavy atom. The molecule has 0 radical (unpaired) electrons. The Bertz CT molecular complexity index is 87.0. The molecule has 0 aliphatic carbocycles. The lowest BCUT2D eigenvalue weighted by Crippen LogP contribution is -2.30. The first kappa shape index (κ1) is 8.78. The molecule has 9 heavy (non-hydrogen) atoms. The largest absolute Gasteiger partial charge is 0.343 e. The molecule has 3 nitrogen and oxygen atoms in total. The zero-order valence-corrected chi connectivity index (χ0v) is 6.33. The average molecular weight is 148 g/mol. The van der Waals surface area contributed by atoms with Crippen molar-refractivity contribution >= 4 is 17.7 Å². The van der Waals surface area contributed by atoms with Gasteiger partial charge in [0, 0.05) is 0 Å². The van der Waals surface area contributed by atoms with Gasteiger partial charge in [-0.3, -0.25) is 4.79 Å². The van der Waals surface area contributed by atoms with E-state index in [0.717, 1.165) is 5.75 Å². The fourth-order valence-electron chi connectivity index (χ4n) is 0.360. The molecule has 0 rings (SSSR count). The maximum absolute atomic E-state index is 10.6. The summed E-state index contributed by atoms with van der Waals surface area (Å²) >= 11 is 1.59. The maximum Gasteiger partial charge on any atom is 0.230 e. The first-order chi connectivity index (χ1) is 4.31. The molecule has 0 atom stereocenters. The second kappa shape index (κ2) is 5.91. The van der Waals surface area contributed by atoms with E-state index in [0.29, 0.717) is 5.75 Å². The van der Waals surface area contributed by atoms with Crippen LogP contribution in [0, 0.1) is 0 Å². The zero-order chi connectivity index (χ0) is 7.11. The van der Waals surface area contributed by atoms with E-state index in [2.05, 4.69) is 5.32 Å². The minimum atomic E-state index is 0.0179. The molecule has 0 heterocycles. The molecule has 1 amide bonds. The summed E-state index contributed by atoms with van der Waals surface area (Å²) in [5.74, 6) is 1.51. The van der Waals surface area contributed by atoms with Gasteiger partial charge in [0.1, 0.15) is 0 Å². The number of amides is 1. The Kier molecular flexibility index (Phi) is 5.76. The van der Waals surface area contributed by atoms with Gasteiger partial charge < -0.3 is 11.1 Å². The molecule has 0 aromatic heterocycles. The Morgan fingerprint density at radius 3 is 2.89 bits per heavy atom. The molecule has 54 valence electrons. The third-order valence-electron chi connectivity index (χ3n) is 0.737. The summed E-state index contributed by atoms with van der Waals surface area (Å²) in [6, 6.07) is 0. The van der Waals surface area contributed by atoms with Crippen molar-refractivity contribution in [1.29, 1.82) is 0 Å². The molecule has 0 aromatic rings. The highest BCUT2D eigenvalue weighted by molar-refractivity contribution is 7.99. The fourth-order valence-corrected chi connectivity index (χ4v) is 0.851. The van der Waals surface area contributed by atoms with E-state index >= 15 is 0 Å². The number of hydrogen-bond donors (Lipinski definition) is 2. The van der Waals surface area contributed by atoms with E-state index in [4.69, 9.17) is 5.73 Å². The second-order valence-corrected chi connectivity index (χ2v) is 2.72. The van der Waals surface area contributed by atoms with Crippen LogP contribution in [0.1, 0.15) is 6.92 Å². The number of thioether (sulfide) groups is 1. The molecule has 0 aliphatic heterocycles. The molecular formula is C5H12N2OS. The van der Waals surface area contributed by atoms with Crippen LogP contribution in [0.2, 0.25) is 0 Å². The highest BCUT2D eigenvalue weighted by Crippen LogP contribution is 1.95. The predicted molar refractivity (Wildman–Crippen MR) is 40.2 cm³/mol. The quantitative estimate of drug-likeness (QED) is 0.542. The van der Waals surface area contributed by atoms with E-state index in [9.17, 15) is 4.79 Å². The van der Waals surface area contributed by atoms with Gasteiger partial charge in [0.05, 0.1) is 12.4 Å². The minimum Gasteiger partial charge on any atom is -0.343 e. The molecule has 0 bridgehead atoms. The SMILES string of the molecule is CCSCC(=O)NCN. The van der Waals surface area contributed by atoms with Crippen molar-refractivity contribution in [2.75, 3.05) is 18.2 Å². The van der Waals surface area contributed by atoms with E-state index in [1.165, 1.54) is 0 Å². The van der Waals surface area contributed by atoms with Crippen LogP contribution in [0.25, 0.3) is 0 Å². The standard InChI is InChI=1S/C5H12N2OS/c1-2-9-3-5(8)7-4-6/h2-4,6H2,1H3,(H,7,8). The van der Waals surface area contributed by atoms with Crippen LogP contribution in [-0.4, -0.2) is 24.1 Å². The van der Waals surface area contributed by atoms with Gasteiger partial charge in [-0.2, -0.15) is 11.8 Å². The average Bonchev–Trinajstić information content (AvgIpc) is 1.85. The van der Waals surface area contributed by atoms with Crippen LogP contribution in [0.15, 0.2) is 0 Å². The highest BCUT2D eigenvalue weighted by Gasteiger charge is 1.95. The number of carbonyl (C=O) groups excluding carboxylic acids is 1. The van der Waals surface area contributed by atoms with Gasteiger partial charge in [0.15, 0.2) is 0 Å². The molecule has 0 unspecified atom stereocenters. The van der Waals surface area contributed by atoms with Gasteiger partial charge in [-0.1, -0.05) is 6.92 Å². The highest BCUT2D eigenvalue weighted by atomic mass is 32.2. The van der Waals surface area contributed by atoms with Gasteiger partial charge in [0.25, 0.3) is 0 Å².